The number of methoxy groups -OCH3 is 1. The maximum absolute atomic E-state index is 12.6. The van der Waals surface area contributed by atoms with Crippen LogP contribution < -0.4 is 10.1 Å². The van der Waals surface area contributed by atoms with Crippen LogP contribution in [0.2, 0.25) is 0 Å². The van der Waals surface area contributed by atoms with E-state index in [4.69, 9.17) is 9.15 Å². The van der Waals surface area contributed by atoms with Crippen LogP contribution >= 0.6 is 38.5 Å². The Balaban J connectivity index is 1.65. The third-order valence-corrected chi connectivity index (χ3v) is 5.52. The Hall–Kier alpha value is -2.39. The number of hydrogen-bond donors (Lipinski definition) is 1. The number of benzene rings is 3. The number of nitrogens with zero attached hydrogens (tertiary/aromatic N) is 1. The zero-order valence-corrected chi connectivity index (χ0v) is 18.4. The molecule has 0 fully saturated rings. The van der Waals surface area contributed by atoms with Crippen molar-refractivity contribution in [2.45, 2.75) is 0 Å². The fourth-order valence-electron chi connectivity index (χ4n) is 2.81. The Morgan fingerprint density at radius 1 is 1.14 bits per heavy atom. The molecule has 7 heteroatoms. The van der Waals surface area contributed by atoms with E-state index in [0.29, 0.717) is 34.0 Å². The minimum absolute atomic E-state index is 0.249. The molecule has 3 aromatic carbocycles. The molecule has 0 radical (unpaired) electrons. The van der Waals surface area contributed by atoms with Gasteiger partial charge in [0.05, 0.1) is 18.2 Å². The summed E-state index contributed by atoms with van der Waals surface area (Å²) < 4.78 is 13.1. The van der Waals surface area contributed by atoms with Crippen molar-refractivity contribution in [1.29, 1.82) is 0 Å². The van der Waals surface area contributed by atoms with Crippen LogP contribution in [0.15, 0.2) is 69.6 Å². The van der Waals surface area contributed by atoms with Crippen molar-refractivity contribution in [3.05, 3.63) is 74.3 Å². The highest BCUT2D eigenvalue weighted by Gasteiger charge is 2.15. The summed E-state index contributed by atoms with van der Waals surface area (Å²) in [6.07, 6.45) is 0. The third kappa shape index (κ3) is 3.77. The van der Waals surface area contributed by atoms with Gasteiger partial charge in [0.25, 0.3) is 5.91 Å². The van der Waals surface area contributed by atoms with Crippen LogP contribution in [0.3, 0.4) is 0 Å². The number of ether oxygens (including phenoxy) is 1. The van der Waals surface area contributed by atoms with Gasteiger partial charge in [0.2, 0.25) is 5.89 Å². The van der Waals surface area contributed by atoms with E-state index in [9.17, 15) is 4.79 Å². The summed E-state index contributed by atoms with van der Waals surface area (Å²) in [6.45, 7) is 0. The molecule has 28 heavy (non-hydrogen) atoms. The molecule has 1 aromatic heterocycles. The van der Waals surface area contributed by atoms with Gasteiger partial charge in [-0.05, 0) is 87.1 Å². The van der Waals surface area contributed by atoms with Crippen LogP contribution in [0, 0.1) is 3.57 Å². The summed E-state index contributed by atoms with van der Waals surface area (Å²) >= 11 is 5.79. The molecule has 0 saturated heterocycles. The predicted octanol–water partition coefficient (Wildman–Crippen LogP) is 6.12. The van der Waals surface area contributed by atoms with Crippen molar-refractivity contribution in [3.8, 4) is 17.2 Å². The Kier molecular flexibility index (Phi) is 5.36. The van der Waals surface area contributed by atoms with Crippen molar-refractivity contribution in [1.82, 2.24) is 4.98 Å². The average molecular weight is 549 g/mol. The second kappa shape index (κ2) is 7.92. The van der Waals surface area contributed by atoms with Crippen molar-refractivity contribution in [3.63, 3.8) is 0 Å². The van der Waals surface area contributed by atoms with E-state index < -0.39 is 0 Å². The second-order valence-corrected chi connectivity index (χ2v) is 8.08. The zero-order valence-electron chi connectivity index (χ0n) is 14.7. The van der Waals surface area contributed by atoms with Crippen LogP contribution in [-0.4, -0.2) is 18.0 Å². The molecular formula is C21H14BrIN2O3. The van der Waals surface area contributed by atoms with Crippen LogP contribution in [0.5, 0.6) is 5.75 Å². The largest absolute Gasteiger partial charge is 0.496 e. The molecule has 0 aliphatic heterocycles. The molecule has 4 aromatic rings. The van der Waals surface area contributed by atoms with Gasteiger partial charge in [0.1, 0.15) is 11.3 Å². The number of oxazole rings is 1. The van der Waals surface area contributed by atoms with Gasteiger partial charge in [-0.1, -0.05) is 12.1 Å². The summed E-state index contributed by atoms with van der Waals surface area (Å²) in [7, 11) is 1.54. The highest BCUT2D eigenvalue weighted by atomic mass is 127. The lowest BCUT2D eigenvalue weighted by Gasteiger charge is -2.08. The molecular weight excluding hydrogens is 535 g/mol. The van der Waals surface area contributed by atoms with Crippen LogP contribution in [0.1, 0.15) is 10.4 Å². The molecule has 0 spiro atoms. The second-order valence-electron chi connectivity index (χ2n) is 5.98. The Morgan fingerprint density at radius 3 is 2.79 bits per heavy atom. The predicted molar refractivity (Wildman–Crippen MR) is 121 cm³/mol. The topological polar surface area (TPSA) is 64.4 Å². The molecule has 140 valence electrons. The van der Waals surface area contributed by atoms with Crippen LogP contribution in [0.4, 0.5) is 5.69 Å². The van der Waals surface area contributed by atoms with Gasteiger partial charge >= 0.3 is 0 Å². The van der Waals surface area contributed by atoms with Gasteiger partial charge in [0.15, 0.2) is 5.58 Å². The maximum atomic E-state index is 12.6. The number of rotatable bonds is 4. The van der Waals surface area contributed by atoms with Crippen molar-refractivity contribution in [2.75, 3.05) is 12.4 Å². The van der Waals surface area contributed by atoms with E-state index in [1.165, 1.54) is 7.11 Å². The number of aromatic nitrogens is 1. The lowest BCUT2D eigenvalue weighted by Crippen LogP contribution is -2.13. The lowest BCUT2D eigenvalue weighted by molar-refractivity contribution is 0.102. The van der Waals surface area contributed by atoms with Gasteiger partial charge in [-0.2, -0.15) is 0 Å². The standard InChI is InChI=1S/C21H14BrIN2O3/c1-27-18-5-3-2-4-14(18)20(26)24-13-7-9-19-17(11-13)25-21(28-19)15-10-12(23)6-8-16(15)22/h2-11H,1H3,(H,24,26). The van der Waals surface area contributed by atoms with E-state index >= 15 is 0 Å². The van der Waals surface area contributed by atoms with E-state index in [1.807, 2.05) is 24.3 Å². The van der Waals surface area contributed by atoms with E-state index in [0.717, 1.165) is 13.6 Å². The molecule has 4 rings (SSSR count). The highest BCUT2D eigenvalue weighted by Crippen LogP contribution is 2.32. The van der Waals surface area contributed by atoms with Gasteiger partial charge in [-0.15, -0.1) is 0 Å². The number of para-hydroxylation sites is 1. The molecule has 1 heterocycles. The molecule has 0 saturated carbocycles. The number of hydrogen-bond acceptors (Lipinski definition) is 4. The number of carbonyl (C=O) groups excluding carboxylic acids is 1. The van der Waals surface area contributed by atoms with E-state index in [-0.39, 0.29) is 5.91 Å². The molecule has 0 unspecified atom stereocenters. The first kappa shape index (κ1) is 18.9. The van der Waals surface area contributed by atoms with Crippen LogP contribution in [0.25, 0.3) is 22.6 Å². The number of anilines is 1. The number of nitrogens with one attached hydrogen (secondary N) is 1. The first-order valence-corrected chi connectivity index (χ1v) is 10.2. The number of fused-ring (bicyclic) bond motifs is 1. The summed E-state index contributed by atoms with van der Waals surface area (Å²) in [5, 5.41) is 2.88. The molecule has 1 N–H and O–H groups in total. The Morgan fingerprint density at radius 2 is 1.96 bits per heavy atom. The number of carbonyl (C=O) groups is 1. The van der Waals surface area contributed by atoms with Gasteiger partial charge in [-0.3, -0.25) is 4.79 Å². The number of halogens is 2. The fraction of sp³-hybridized carbons (Fsp3) is 0.0476. The lowest BCUT2D eigenvalue weighted by atomic mass is 10.2. The average Bonchev–Trinajstić information content (AvgIpc) is 3.12. The normalized spacial score (nSPS) is 10.8. The summed E-state index contributed by atoms with van der Waals surface area (Å²) in [5.74, 6) is 0.794. The third-order valence-electron chi connectivity index (χ3n) is 4.16. The highest BCUT2D eigenvalue weighted by molar-refractivity contribution is 14.1. The zero-order chi connectivity index (χ0) is 19.7. The molecule has 0 atom stereocenters. The molecule has 0 aliphatic rings. The monoisotopic (exact) mass is 548 g/mol. The first-order valence-electron chi connectivity index (χ1n) is 8.35. The molecule has 5 nitrogen and oxygen atoms in total. The van der Waals surface area contributed by atoms with Gasteiger partial charge < -0.3 is 14.5 Å². The minimum atomic E-state index is -0.249. The molecule has 1 amide bonds. The quantitative estimate of drug-likeness (QED) is 0.312. The summed E-state index contributed by atoms with van der Waals surface area (Å²) in [5.41, 5.74) is 3.29. The minimum Gasteiger partial charge on any atom is -0.496 e. The number of amides is 1. The van der Waals surface area contributed by atoms with Crippen molar-refractivity contribution in [2.24, 2.45) is 0 Å². The SMILES string of the molecule is COc1ccccc1C(=O)Nc1ccc2oc(-c3cc(I)ccc3Br)nc2c1. The first-order chi connectivity index (χ1) is 13.5. The van der Waals surface area contributed by atoms with Crippen molar-refractivity contribution >= 4 is 61.2 Å². The summed E-state index contributed by atoms with van der Waals surface area (Å²) in [6, 6.07) is 18.4. The van der Waals surface area contributed by atoms with Crippen molar-refractivity contribution < 1.29 is 13.9 Å². The van der Waals surface area contributed by atoms with Gasteiger partial charge in [0, 0.05) is 13.7 Å². The maximum Gasteiger partial charge on any atom is 0.259 e. The van der Waals surface area contributed by atoms with Crippen LogP contribution in [-0.2, 0) is 0 Å². The Bertz CT molecular complexity index is 1190. The summed E-state index contributed by atoms with van der Waals surface area (Å²) in [4.78, 5) is 17.2. The Labute approximate surface area is 183 Å². The van der Waals surface area contributed by atoms with E-state index in [1.54, 1.807) is 36.4 Å². The van der Waals surface area contributed by atoms with E-state index in [2.05, 4.69) is 48.8 Å². The molecule has 0 bridgehead atoms. The fourth-order valence-corrected chi connectivity index (χ4v) is 3.72. The van der Waals surface area contributed by atoms with Gasteiger partial charge in [-0.25, -0.2) is 4.98 Å². The smallest absolute Gasteiger partial charge is 0.259 e. The molecule has 0 aliphatic carbocycles.